The average molecular weight is 334 g/mol. The third-order valence-electron chi connectivity index (χ3n) is 3.97. The first kappa shape index (κ1) is 20.2. The second kappa shape index (κ2) is 9.42. The summed E-state index contributed by atoms with van der Waals surface area (Å²) in [6.45, 7) is 10.3. The Morgan fingerprint density at radius 3 is 2.38 bits per heavy atom. The first-order chi connectivity index (χ1) is 11.2. The maximum absolute atomic E-state index is 12.1. The van der Waals surface area contributed by atoms with Crippen molar-refractivity contribution in [3.05, 3.63) is 29.3 Å². The number of rotatable bonds is 9. The summed E-state index contributed by atoms with van der Waals surface area (Å²) >= 11 is 0. The Morgan fingerprint density at radius 2 is 1.83 bits per heavy atom. The fourth-order valence-electron chi connectivity index (χ4n) is 2.69. The maximum atomic E-state index is 12.1. The molecule has 0 radical (unpaired) electrons. The summed E-state index contributed by atoms with van der Waals surface area (Å²) in [5, 5.41) is 15.3. The molecule has 2 atom stereocenters. The van der Waals surface area contributed by atoms with Gasteiger partial charge in [-0.05, 0) is 44.7 Å². The standard InChI is InChI=1S/C19H30N2O3/c1-12(2)8-16(19(23)24)11-20-15(5)10-18(22)21-17-7-6-13(3)9-14(17)4/h6-7,9,12,15-16,20H,8,10-11H2,1-5H3,(H,21,22)(H,23,24). The Kier molecular flexibility index (Phi) is 7.92. The molecular weight excluding hydrogens is 304 g/mol. The van der Waals surface area contributed by atoms with E-state index in [0.717, 1.165) is 16.8 Å². The normalized spacial score (nSPS) is 13.6. The Morgan fingerprint density at radius 1 is 1.17 bits per heavy atom. The lowest BCUT2D eigenvalue weighted by Gasteiger charge is -2.19. The van der Waals surface area contributed by atoms with E-state index in [1.54, 1.807) is 0 Å². The quantitative estimate of drug-likeness (QED) is 0.647. The van der Waals surface area contributed by atoms with Gasteiger partial charge in [0.1, 0.15) is 0 Å². The van der Waals surface area contributed by atoms with Gasteiger partial charge in [-0.15, -0.1) is 0 Å². The fraction of sp³-hybridized carbons (Fsp3) is 0.579. The molecule has 3 N–H and O–H groups in total. The molecule has 0 fully saturated rings. The number of hydrogen-bond donors (Lipinski definition) is 3. The van der Waals surface area contributed by atoms with E-state index >= 15 is 0 Å². The van der Waals surface area contributed by atoms with Crippen LogP contribution >= 0.6 is 0 Å². The predicted octanol–water partition coefficient (Wildman–Crippen LogP) is 3.36. The zero-order valence-corrected chi connectivity index (χ0v) is 15.3. The molecule has 0 saturated heterocycles. The van der Waals surface area contributed by atoms with Gasteiger partial charge in [0.15, 0.2) is 0 Å². The van der Waals surface area contributed by atoms with E-state index in [0.29, 0.717) is 25.3 Å². The number of amides is 1. The SMILES string of the molecule is Cc1ccc(NC(=O)CC(C)NCC(CC(C)C)C(=O)O)c(C)c1. The summed E-state index contributed by atoms with van der Waals surface area (Å²) in [6.07, 6.45) is 0.936. The maximum Gasteiger partial charge on any atom is 0.307 e. The molecule has 0 saturated carbocycles. The summed E-state index contributed by atoms with van der Waals surface area (Å²) < 4.78 is 0. The molecule has 0 aliphatic carbocycles. The minimum absolute atomic E-state index is 0.0716. The molecule has 1 rings (SSSR count). The molecule has 5 heteroatoms. The number of carboxylic acid groups (broad SMARTS) is 1. The molecule has 0 aliphatic heterocycles. The van der Waals surface area contributed by atoms with Crippen LogP contribution in [0.2, 0.25) is 0 Å². The van der Waals surface area contributed by atoms with Crippen LogP contribution in [0, 0.1) is 25.7 Å². The van der Waals surface area contributed by atoms with Crippen molar-refractivity contribution in [1.29, 1.82) is 0 Å². The van der Waals surface area contributed by atoms with Gasteiger partial charge < -0.3 is 15.7 Å². The Balaban J connectivity index is 2.47. The summed E-state index contributed by atoms with van der Waals surface area (Å²) in [5.41, 5.74) is 3.01. The summed E-state index contributed by atoms with van der Waals surface area (Å²) in [6, 6.07) is 5.82. The van der Waals surface area contributed by atoms with Gasteiger partial charge in [-0.2, -0.15) is 0 Å². The van der Waals surface area contributed by atoms with Crippen molar-refractivity contribution in [1.82, 2.24) is 5.32 Å². The van der Waals surface area contributed by atoms with Gasteiger partial charge in [-0.3, -0.25) is 9.59 Å². The predicted molar refractivity (Wildman–Crippen MR) is 97.2 cm³/mol. The minimum Gasteiger partial charge on any atom is -0.481 e. The van der Waals surface area contributed by atoms with E-state index in [-0.39, 0.29) is 11.9 Å². The number of anilines is 1. The van der Waals surface area contributed by atoms with Crippen LogP contribution in [0.1, 0.15) is 44.7 Å². The third-order valence-corrected chi connectivity index (χ3v) is 3.97. The van der Waals surface area contributed by atoms with Crippen LogP contribution in [-0.2, 0) is 9.59 Å². The lowest BCUT2D eigenvalue weighted by Crippen LogP contribution is -2.37. The van der Waals surface area contributed by atoms with Crippen molar-refractivity contribution in [3.8, 4) is 0 Å². The van der Waals surface area contributed by atoms with Crippen molar-refractivity contribution in [2.24, 2.45) is 11.8 Å². The second-order valence-electron chi connectivity index (χ2n) is 7.04. The lowest BCUT2D eigenvalue weighted by molar-refractivity contribution is -0.142. The van der Waals surface area contributed by atoms with Crippen LogP contribution in [0.15, 0.2) is 18.2 Å². The minimum atomic E-state index is -0.789. The molecule has 0 heterocycles. The van der Waals surface area contributed by atoms with Gasteiger partial charge in [0, 0.05) is 24.7 Å². The van der Waals surface area contributed by atoms with Crippen molar-refractivity contribution in [2.45, 2.75) is 53.5 Å². The molecule has 134 valence electrons. The van der Waals surface area contributed by atoms with Gasteiger partial charge >= 0.3 is 5.97 Å². The third kappa shape index (κ3) is 7.13. The van der Waals surface area contributed by atoms with Crippen molar-refractivity contribution in [2.75, 3.05) is 11.9 Å². The molecule has 0 aliphatic rings. The van der Waals surface area contributed by atoms with Crippen LogP contribution in [0.3, 0.4) is 0 Å². The number of hydrogen-bond acceptors (Lipinski definition) is 3. The number of nitrogens with one attached hydrogen (secondary N) is 2. The number of carbonyl (C=O) groups is 2. The van der Waals surface area contributed by atoms with Crippen LogP contribution in [0.25, 0.3) is 0 Å². The van der Waals surface area contributed by atoms with Crippen molar-refractivity contribution in [3.63, 3.8) is 0 Å². The van der Waals surface area contributed by atoms with Crippen molar-refractivity contribution >= 4 is 17.6 Å². The number of aliphatic carboxylic acids is 1. The van der Waals surface area contributed by atoms with Gasteiger partial charge in [0.25, 0.3) is 0 Å². The highest BCUT2D eigenvalue weighted by molar-refractivity contribution is 5.91. The molecule has 5 nitrogen and oxygen atoms in total. The first-order valence-electron chi connectivity index (χ1n) is 8.52. The van der Waals surface area contributed by atoms with Crippen LogP contribution < -0.4 is 10.6 Å². The Hall–Kier alpha value is -1.88. The van der Waals surface area contributed by atoms with Crippen molar-refractivity contribution < 1.29 is 14.7 Å². The van der Waals surface area contributed by atoms with E-state index < -0.39 is 11.9 Å². The fourth-order valence-corrected chi connectivity index (χ4v) is 2.69. The molecule has 0 aromatic heterocycles. The second-order valence-corrected chi connectivity index (χ2v) is 7.04. The van der Waals surface area contributed by atoms with Gasteiger partial charge in [0.2, 0.25) is 5.91 Å². The van der Waals surface area contributed by atoms with Gasteiger partial charge in [-0.25, -0.2) is 0 Å². The molecule has 24 heavy (non-hydrogen) atoms. The lowest BCUT2D eigenvalue weighted by atomic mass is 9.97. The number of benzene rings is 1. The summed E-state index contributed by atoms with van der Waals surface area (Å²) in [7, 11) is 0. The van der Waals surface area contributed by atoms with Gasteiger partial charge in [-0.1, -0.05) is 31.5 Å². The largest absolute Gasteiger partial charge is 0.481 e. The van der Waals surface area contributed by atoms with Crippen LogP contribution in [-0.4, -0.2) is 29.6 Å². The van der Waals surface area contributed by atoms with Crippen LogP contribution in [0.4, 0.5) is 5.69 Å². The Labute approximate surface area is 144 Å². The molecule has 1 aromatic carbocycles. The first-order valence-corrected chi connectivity index (χ1v) is 8.52. The molecule has 0 spiro atoms. The highest BCUT2D eigenvalue weighted by Gasteiger charge is 2.20. The Bertz CT molecular complexity index is 570. The average Bonchev–Trinajstić information content (AvgIpc) is 2.45. The van der Waals surface area contributed by atoms with E-state index in [9.17, 15) is 14.7 Å². The summed E-state index contributed by atoms with van der Waals surface area (Å²) in [4.78, 5) is 23.4. The smallest absolute Gasteiger partial charge is 0.307 e. The molecule has 1 aromatic rings. The van der Waals surface area contributed by atoms with Crippen LogP contribution in [0.5, 0.6) is 0 Å². The van der Waals surface area contributed by atoms with E-state index in [2.05, 4.69) is 10.6 Å². The number of carboxylic acids is 1. The number of aryl methyl sites for hydroxylation is 2. The monoisotopic (exact) mass is 334 g/mol. The summed E-state index contributed by atoms with van der Waals surface area (Å²) in [5.74, 6) is -0.952. The molecule has 2 unspecified atom stereocenters. The number of carbonyl (C=O) groups excluding carboxylic acids is 1. The molecular formula is C19H30N2O3. The van der Waals surface area contributed by atoms with E-state index in [4.69, 9.17) is 0 Å². The van der Waals surface area contributed by atoms with E-state index in [1.807, 2.05) is 52.8 Å². The highest BCUT2D eigenvalue weighted by Crippen LogP contribution is 2.16. The zero-order valence-electron chi connectivity index (χ0n) is 15.3. The topological polar surface area (TPSA) is 78.4 Å². The highest BCUT2D eigenvalue weighted by atomic mass is 16.4. The van der Waals surface area contributed by atoms with Gasteiger partial charge in [0.05, 0.1) is 5.92 Å². The molecule has 1 amide bonds. The van der Waals surface area contributed by atoms with E-state index in [1.165, 1.54) is 0 Å². The zero-order chi connectivity index (χ0) is 18.3. The molecule has 0 bridgehead atoms.